The van der Waals surface area contributed by atoms with Gasteiger partial charge in [0.25, 0.3) is 0 Å². The van der Waals surface area contributed by atoms with E-state index in [1.54, 1.807) is 0 Å². The zero-order chi connectivity index (χ0) is 10.7. The first-order valence-electron chi connectivity index (χ1n) is 5.06. The third-order valence-corrected chi connectivity index (χ3v) is 2.27. The molecule has 0 bridgehead atoms. The fourth-order valence-corrected chi connectivity index (χ4v) is 1.57. The van der Waals surface area contributed by atoms with Crippen molar-refractivity contribution in [3.63, 3.8) is 0 Å². The van der Waals surface area contributed by atoms with Crippen LogP contribution in [0.15, 0.2) is 24.3 Å². The topological polar surface area (TPSA) is 42.9 Å². The summed E-state index contributed by atoms with van der Waals surface area (Å²) in [4.78, 5) is 19.6. The Morgan fingerprint density at radius 2 is 1.87 bits per heavy atom. The Bertz CT molecular complexity index is 494. The minimum absolute atomic E-state index is 0.468. The molecule has 3 nitrogen and oxygen atoms in total. The molecule has 0 saturated heterocycles. The first-order valence-corrected chi connectivity index (χ1v) is 5.06. The number of rotatable bonds is 3. The first-order chi connectivity index (χ1) is 7.35. The van der Waals surface area contributed by atoms with Crippen LogP contribution >= 0.6 is 0 Å². The van der Waals surface area contributed by atoms with Crippen LogP contribution in [0.4, 0.5) is 0 Å². The lowest BCUT2D eigenvalue weighted by atomic mass is 10.2. The van der Waals surface area contributed by atoms with Crippen molar-refractivity contribution in [1.82, 2.24) is 9.97 Å². The van der Waals surface area contributed by atoms with Crippen molar-refractivity contribution in [3.05, 3.63) is 35.7 Å². The number of para-hydroxylation sites is 2. The largest absolute Gasteiger partial charge is 0.296 e. The van der Waals surface area contributed by atoms with E-state index in [2.05, 4.69) is 16.9 Å². The molecule has 2 rings (SSSR count). The summed E-state index contributed by atoms with van der Waals surface area (Å²) in [5.74, 6) is 0. The molecule has 1 aromatic heterocycles. The van der Waals surface area contributed by atoms with Gasteiger partial charge in [-0.25, -0.2) is 9.97 Å². The van der Waals surface area contributed by atoms with E-state index in [4.69, 9.17) is 0 Å². The Balaban J connectivity index is 2.63. The second-order valence-corrected chi connectivity index (χ2v) is 3.41. The molecule has 0 radical (unpaired) electrons. The van der Waals surface area contributed by atoms with E-state index in [0.717, 1.165) is 35.9 Å². The number of fused-ring (bicyclic) bond motifs is 1. The molecule has 0 N–H and O–H groups in total. The SMILES string of the molecule is CCCc1nc2ccccc2nc1C=O. The Hall–Kier alpha value is -1.77. The summed E-state index contributed by atoms with van der Waals surface area (Å²) in [6.45, 7) is 2.06. The van der Waals surface area contributed by atoms with Gasteiger partial charge in [-0.3, -0.25) is 4.79 Å². The van der Waals surface area contributed by atoms with Crippen LogP contribution in [-0.2, 0) is 6.42 Å². The highest BCUT2D eigenvalue weighted by atomic mass is 16.1. The van der Waals surface area contributed by atoms with Crippen LogP contribution in [-0.4, -0.2) is 16.3 Å². The maximum absolute atomic E-state index is 10.8. The maximum atomic E-state index is 10.8. The molecule has 0 aliphatic carbocycles. The van der Waals surface area contributed by atoms with Crippen LogP contribution in [0.2, 0.25) is 0 Å². The highest BCUT2D eigenvalue weighted by Gasteiger charge is 2.06. The number of aldehydes is 1. The first kappa shape index (κ1) is 9.77. The maximum Gasteiger partial charge on any atom is 0.170 e. The number of nitrogens with zero attached hydrogens (tertiary/aromatic N) is 2. The molecule has 3 heteroatoms. The minimum atomic E-state index is 0.468. The predicted octanol–water partition coefficient (Wildman–Crippen LogP) is 2.39. The second kappa shape index (κ2) is 4.17. The number of carbonyl (C=O) groups is 1. The number of benzene rings is 1. The molecule has 0 fully saturated rings. The van der Waals surface area contributed by atoms with Crippen molar-refractivity contribution in [1.29, 1.82) is 0 Å². The molecule has 0 saturated carbocycles. The Labute approximate surface area is 88.2 Å². The van der Waals surface area contributed by atoms with Gasteiger partial charge in [-0.05, 0) is 18.6 Å². The van der Waals surface area contributed by atoms with Crippen molar-refractivity contribution >= 4 is 17.3 Å². The van der Waals surface area contributed by atoms with E-state index in [1.165, 1.54) is 0 Å². The van der Waals surface area contributed by atoms with Gasteiger partial charge in [0.15, 0.2) is 6.29 Å². The normalized spacial score (nSPS) is 10.5. The molecule has 2 aromatic rings. The molecule has 15 heavy (non-hydrogen) atoms. The smallest absolute Gasteiger partial charge is 0.170 e. The van der Waals surface area contributed by atoms with Crippen LogP contribution in [0.3, 0.4) is 0 Å². The molecular formula is C12H12N2O. The van der Waals surface area contributed by atoms with Crippen LogP contribution < -0.4 is 0 Å². The predicted molar refractivity (Wildman–Crippen MR) is 58.9 cm³/mol. The summed E-state index contributed by atoms with van der Waals surface area (Å²) in [5, 5.41) is 0. The summed E-state index contributed by atoms with van der Waals surface area (Å²) in [5.41, 5.74) is 2.90. The van der Waals surface area contributed by atoms with Gasteiger partial charge in [-0.15, -0.1) is 0 Å². The van der Waals surface area contributed by atoms with E-state index >= 15 is 0 Å². The number of hydrogen-bond donors (Lipinski definition) is 0. The summed E-state index contributed by atoms with van der Waals surface area (Å²) in [6, 6.07) is 7.60. The van der Waals surface area contributed by atoms with Crippen molar-refractivity contribution in [2.75, 3.05) is 0 Å². The molecule has 0 atom stereocenters. The summed E-state index contributed by atoms with van der Waals surface area (Å²) in [7, 11) is 0. The van der Waals surface area contributed by atoms with E-state index in [0.29, 0.717) is 5.69 Å². The average Bonchev–Trinajstić information content (AvgIpc) is 2.28. The Morgan fingerprint density at radius 3 is 2.47 bits per heavy atom. The van der Waals surface area contributed by atoms with Crippen molar-refractivity contribution < 1.29 is 4.79 Å². The summed E-state index contributed by atoms with van der Waals surface area (Å²) >= 11 is 0. The monoisotopic (exact) mass is 200 g/mol. The molecule has 76 valence electrons. The van der Waals surface area contributed by atoms with E-state index in [-0.39, 0.29) is 0 Å². The number of hydrogen-bond acceptors (Lipinski definition) is 3. The van der Waals surface area contributed by atoms with Gasteiger partial charge in [0.2, 0.25) is 0 Å². The number of carbonyl (C=O) groups excluding carboxylic acids is 1. The van der Waals surface area contributed by atoms with Crippen molar-refractivity contribution in [2.45, 2.75) is 19.8 Å². The lowest BCUT2D eigenvalue weighted by Gasteiger charge is -2.03. The van der Waals surface area contributed by atoms with Crippen molar-refractivity contribution in [2.24, 2.45) is 0 Å². The van der Waals surface area contributed by atoms with Gasteiger partial charge in [-0.1, -0.05) is 25.5 Å². The van der Waals surface area contributed by atoms with Gasteiger partial charge < -0.3 is 0 Å². The van der Waals surface area contributed by atoms with Crippen LogP contribution in [0.25, 0.3) is 11.0 Å². The van der Waals surface area contributed by atoms with Crippen LogP contribution in [0.5, 0.6) is 0 Å². The van der Waals surface area contributed by atoms with Crippen LogP contribution in [0.1, 0.15) is 29.5 Å². The number of aromatic nitrogens is 2. The highest BCUT2D eigenvalue weighted by Crippen LogP contribution is 2.12. The lowest BCUT2D eigenvalue weighted by molar-refractivity contribution is 0.111. The highest BCUT2D eigenvalue weighted by molar-refractivity contribution is 5.81. The Morgan fingerprint density at radius 1 is 1.20 bits per heavy atom. The van der Waals surface area contributed by atoms with Gasteiger partial charge in [-0.2, -0.15) is 0 Å². The molecule has 0 spiro atoms. The molecule has 0 amide bonds. The second-order valence-electron chi connectivity index (χ2n) is 3.41. The number of aryl methyl sites for hydroxylation is 1. The van der Waals surface area contributed by atoms with E-state index in [9.17, 15) is 4.79 Å². The zero-order valence-corrected chi connectivity index (χ0v) is 8.60. The third-order valence-electron chi connectivity index (χ3n) is 2.27. The molecule has 1 heterocycles. The summed E-state index contributed by atoms with van der Waals surface area (Å²) in [6.07, 6.45) is 2.55. The van der Waals surface area contributed by atoms with Crippen molar-refractivity contribution in [3.8, 4) is 0 Å². The van der Waals surface area contributed by atoms with Gasteiger partial charge in [0.05, 0.1) is 16.7 Å². The van der Waals surface area contributed by atoms with Gasteiger partial charge in [0.1, 0.15) is 5.69 Å². The summed E-state index contributed by atoms with van der Waals surface area (Å²) < 4.78 is 0. The van der Waals surface area contributed by atoms with Gasteiger partial charge in [0, 0.05) is 0 Å². The fourth-order valence-electron chi connectivity index (χ4n) is 1.57. The van der Waals surface area contributed by atoms with Gasteiger partial charge >= 0.3 is 0 Å². The molecule has 1 aromatic carbocycles. The fraction of sp³-hybridized carbons (Fsp3) is 0.250. The quantitative estimate of drug-likeness (QED) is 0.714. The molecule has 0 aliphatic heterocycles. The molecule has 0 unspecified atom stereocenters. The van der Waals surface area contributed by atoms with E-state index < -0.39 is 0 Å². The lowest BCUT2D eigenvalue weighted by Crippen LogP contribution is -2.01. The van der Waals surface area contributed by atoms with Crippen LogP contribution in [0, 0.1) is 0 Å². The standard InChI is InChI=1S/C12H12N2O/c1-2-5-9-12(8-15)14-11-7-4-3-6-10(11)13-9/h3-4,6-8H,2,5H2,1H3. The minimum Gasteiger partial charge on any atom is -0.296 e. The Kier molecular flexibility index (Phi) is 2.72. The molecule has 0 aliphatic rings. The third kappa shape index (κ3) is 1.86. The molecular weight excluding hydrogens is 188 g/mol. The average molecular weight is 200 g/mol. The zero-order valence-electron chi connectivity index (χ0n) is 8.60. The van der Waals surface area contributed by atoms with E-state index in [1.807, 2.05) is 24.3 Å².